The molecule has 2 atom stereocenters. The van der Waals surface area contributed by atoms with Gasteiger partial charge in [-0.15, -0.1) is 0 Å². The first kappa shape index (κ1) is 17.0. The SMILES string of the molecule is C[C@@](O)(CC(=O)N[C@H](C#N)c1cccc(Cl)c1)c1ccccc1. The van der Waals surface area contributed by atoms with Crippen LogP contribution < -0.4 is 5.32 Å². The van der Waals surface area contributed by atoms with Crippen molar-refractivity contribution in [3.8, 4) is 6.07 Å². The first-order valence-corrected chi connectivity index (χ1v) is 7.52. The van der Waals surface area contributed by atoms with Crippen molar-refractivity contribution in [3.05, 3.63) is 70.7 Å². The molecule has 0 saturated carbocycles. The van der Waals surface area contributed by atoms with E-state index in [2.05, 4.69) is 5.32 Å². The number of amides is 1. The highest BCUT2D eigenvalue weighted by Crippen LogP contribution is 2.25. The fourth-order valence-electron chi connectivity index (χ4n) is 2.30. The molecule has 0 fully saturated rings. The number of hydrogen-bond acceptors (Lipinski definition) is 3. The molecule has 4 nitrogen and oxygen atoms in total. The molecule has 0 aliphatic heterocycles. The Morgan fingerprint density at radius 3 is 2.61 bits per heavy atom. The summed E-state index contributed by atoms with van der Waals surface area (Å²) in [6.07, 6.45) is -0.143. The van der Waals surface area contributed by atoms with Crippen LogP contribution in [0.4, 0.5) is 0 Å². The van der Waals surface area contributed by atoms with Crippen molar-refractivity contribution < 1.29 is 9.90 Å². The summed E-state index contributed by atoms with van der Waals surface area (Å²) in [7, 11) is 0. The standard InChI is InChI=1S/C18H17ClN2O2/c1-18(23,14-7-3-2-4-8-14)11-17(22)21-16(12-20)13-6-5-9-15(19)10-13/h2-10,16,23H,11H2,1H3,(H,21,22)/t16-,18-/m1/s1. The van der Waals surface area contributed by atoms with Gasteiger partial charge < -0.3 is 10.4 Å². The fraction of sp³-hybridized carbons (Fsp3) is 0.222. The summed E-state index contributed by atoms with van der Waals surface area (Å²) < 4.78 is 0. The van der Waals surface area contributed by atoms with E-state index in [-0.39, 0.29) is 6.42 Å². The molecule has 5 heteroatoms. The van der Waals surface area contributed by atoms with E-state index >= 15 is 0 Å². The number of carbonyl (C=O) groups is 1. The lowest BCUT2D eigenvalue weighted by Crippen LogP contribution is -2.34. The minimum Gasteiger partial charge on any atom is -0.385 e. The van der Waals surface area contributed by atoms with E-state index < -0.39 is 17.6 Å². The highest BCUT2D eigenvalue weighted by atomic mass is 35.5. The Morgan fingerprint density at radius 1 is 1.30 bits per heavy atom. The van der Waals surface area contributed by atoms with Crippen molar-refractivity contribution in [1.29, 1.82) is 5.26 Å². The molecule has 2 rings (SSSR count). The molecular formula is C18H17ClN2O2. The third kappa shape index (κ3) is 4.56. The third-order valence-corrected chi connectivity index (χ3v) is 3.75. The molecule has 0 unspecified atom stereocenters. The normalized spacial score (nSPS) is 14.3. The van der Waals surface area contributed by atoms with Crippen LogP contribution in [0.5, 0.6) is 0 Å². The molecular weight excluding hydrogens is 312 g/mol. The molecule has 23 heavy (non-hydrogen) atoms. The minimum atomic E-state index is -1.31. The van der Waals surface area contributed by atoms with Crippen molar-refractivity contribution >= 4 is 17.5 Å². The average molecular weight is 329 g/mol. The number of nitrogens with one attached hydrogen (secondary N) is 1. The van der Waals surface area contributed by atoms with Gasteiger partial charge in [0.15, 0.2) is 0 Å². The number of hydrogen-bond donors (Lipinski definition) is 2. The van der Waals surface area contributed by atoms with E-state index in [0.29, 0.717) is 16.1 Å². The van der Waals surface area contributed by atoms with Crippen LogP contribution >= 0.6 is 11.6 Å². The maximum atomic E-state index is 12.2. The molecule has 2 N–H and O–H groups in total. The lowest BCUT2D eigenvalue weighted by molar-refractivity contribution is -0.126. The summed E-state index contributed by atoms with van der Waals surface area (Å²) in [6.45, 7) is 1.57. The Labute approximate surface area is 140 Å². The quantitative estimate of drug-likeness (QED) is 0.884. The van der Waals surface area contributed by atoms with Gasteiger partial charge in [-0.25, -0.2) is 0 Å². The lowest BCUT2D eigenvalue weighted by atomic mass is 9.92. The van der Waals surface area contributed by atoms with Crippen LogP contribution in [0.15, 0.2) is 54.6 Å². The molecule has 0 bridgehead atoms. The molecule has 0 saturated heterocycles. The molecule has 0 heterocycles. The van der Waals surface area contributed by atoms with E-state index in [1.807, 2.05) is 12.1 Å². The number of halogens is 1. The number of nitriles is 1. The van der Waals surface area contributed by atoms with Crippen LogP contribution in [0.3, 0.4) is 0 Å². The Hall–Kier alpha value is -2.35. The predicted octanol–water partition coefficient (Wildman–Crippen LogP) is 3.32. The summed E-state index contributed by atoms with van der Waals surface area (Å²) >= 11 is 5.91. The van der Waals surface area contributed by atoms with Gasteiger partial charge in [-0.05, 0) is 30.2 Å². The van der Waals surface area contributed by atoms with Gasteiger partial charge in [-0.3, -0.25) is 4.79 Å². The zero-order valence-electron chi connectivity index (χ0n) is 12.7. The van der Waals surface area contributed by atoms with Crippen LogP contribution in [-0.2, 0) is 10.4 Å². The summed E-state index contributed by atoms with van der Waals surface area (Å²) in [5, 5.41) is 22.9. The second-order valence-corrected chi connectivity index (χ2v) is 5.94. The second kappa shape index (κ2) is 7.28. The van der Waals surface area contributed by atoms with Gasteiger partial charge in [0.1, 0.15) is 6.04 Å². The van der Waals surface area contributed by atoms with Crippen LogP contribution in [0, 0.1) is 11.3 Å². The number of benzene rings is 2. The summed E-state index contributed by atoms with van der Waals surface area (Å²) in [4.78, 5) is 12.2. The number of rotatable bonds is 5. The largest absolute Gasteiger partial charge is 0.385 e. The van der Waals surface area contributed by atoms with Gasteiger partial charge in [0.25, 0.3) is 0 Å². The molecule has 118 valence electrons. The van der Waals surface area contributed by atoms with Crippen molar-refractivity contribution in [2.45, 2.75) is 25.0 Å². The molecule has 0 radical (unpaired) electrons. The van der Waals surface area contributed by atoms with Gasteiger partial charge in [0, 0.05) is 5.02 Å². The van der Waals surface area contributed by atoms with Crippen LogP contribution in [0.2, 0.25) is 5.02 Å². The van der Waals surface area contributed by atoms with Crippen molar-refractivity contribution in [2.24, 2.45) is 0 Å². The maximum absolute atomic E-state index is 12.2. The van der Waals surface area contributed by atoms with E-state index in [4.69, 9.17) is 11.6 Å². The molecule has 0 aromatic heterocycles. The van der Waals surface area contributed by atoms with E-state index in [9.17, 15) is 15.2 Å². The van der Waals surface area contributed by atoms with Crippen molar-refractivity contribution in [1.82, 2.24) is 5.32 Å². The molecule has 0 spiro atoms. The average Bonchev–Trinajstić information content (AvgIpc) is 2.53. The molecule has 2 aromatic rings. The maximum Gasteiger partial charge on any atom is 0.224 e. The Kier molecular flexibility index (Phi) is 5.38. The minimum absolute atomic E-state index is 0.143. The molecule has 0 aliphatic rings. The zero-order chi connectivity index (χ0) is 16.9. The van der Waals surface area contributed by atoms with Gasteiger partial charge >= 0.3 is 0 Å². The highest BCUT2D eigenvalue weighted by molar-refractivity contribution is 6.30. The van der Waals surface area contributed by atoms with E-state index in [1.54, 1.807) is 55.5 Å². The monoisotopic (exact) mass is 328 g/mol. The Balaban J connectivity index is 2.08. The first-order valence-electron chi connectivity index (χ1n) is 7.15. The van der Waals surface area contributed by atoms with Crippen LogP contribution in [0.1, 0.15) is 30.5 Å². The van der Waals surface area contributed by atoms with Gasteiger partial charge in [-0.2, -0.15) is 5.26 Å². The topological polar surface area (TPSA) is 73.1 Å². The summed E-state index contributed by atoms with van der Waals surface area (Å²) in [5.41, 5.74) is -0.0567. The Morgan fingerprint density at radius 2 is 2.00 bits per heavy atom. The van der Waals surface area contributed by atoms with Gasteiger partial charge in [0.05, 0.1) is 18.1 Å². The molecule has 1 amide bonds. The van der Waals surface area contributed by atoms with Crippen molar-refractivity contribution in [2.75, 3.05) is 0 Å². The smallest absolute Gasteiger partial charge is 0.224 e. The third-order valence-electron chi connectivity index (χ3n) is 3.52. The molecule has 0 aliphatic carbocycles. The summed E-state index contributed by atoms with van der Waals surface area (Å²) in [6, 6.07) is 16.9. The number of nitrogens with zero attached hydrogens (tertiary/aromatic N) is 1. The van der Waals surface area contributed by atoms with Gasteiger partial charge in [-0.1, -0.05) is 54.1 Å². The molecule has 2 aromatic carbocycles. The Bertz CT molecular complexity index is 723. The zero-order valence-corrected chi connectivity index (χ0v) is 13.4. The number of carbonyl (C=O) groups excluding carboxylic acids is 1. The van der Waals surface area contributed by atoms with Crippen molar-refractivity contribution in [3.63, 3.8) is 0 Å². The highest BCUT2D eigenvalue weighted by Gasteiger charge is 2.27. The first-order chi connectivity index (χ1) is 10.9. The summed E-state index contributed by atoms with van der Waals surface area (Å²) in [5.74, 6) is -0.412. The fourth-order valence-corrected chi connectivity index (χ4v) is 2.50. The van der Waals surface area contributed by atoms with E-state index in [1.165, 1.54) is 0 Å². The van der Waals surface area contributed by atoms with Crippen LogP contribution in [0.25, 0.3) is 0 Å². The number of aliphatic hydroxyl groups is 1. The van der Waals surface area contributed by atoms with Gasteiger partial charge in [0.2, 0.25) is 5.91 Å². The second-order valence-electron chi connectivity index (χ2n) is 5.50. The van der Waals surface area contributed by atoms with E-state index in [0.717, 1.165) is 0 Å². The predicted molar refractivity (Wildman–Crippen MR) is 88.6 cm³/mol. The van der Waals surface area contributed by atoms with Crippen LogP contribution in [-0.4, -0.2) is 11.0 Å². The lowest BCUT2D eigenvalue weighted by Gasteiger charge is -2.24.